The maximum Gasteiger partial charge on any atom is 0.210 e. The Balaban J connectivity index is 2.07. The predicted octanol–water partition coefficient (Wildman–Crippen LogP) is 5.59. The molecule has 0 heterocycles. The SMILES string of the molecule is O=S(=O)(c1ccccc1Cl)c1ccccc1N=Nc1ccccc1. The van der Waals surface area contributed by atoms with E-state index in [-0.39, 0.29) is 20.5 Å². The molecular weight excluding hydrogens is 344 g/mol. The fraction of sp³-hybridized carbons (Fsp3) is 0. The number of hydrogen-bond donors (Lipinski definition) is 0. The minimum absolute atomic E-state index is 0.0500. The minimum atomic E-state index is -3.79. The molecule has 3 aromatic carbocycles. The zero-order chi connectivity index (χ0) is 17.0. The Labute approximate surface area is 145 Å². The third kappa shape index (κ3) is 3.37. The summed E-state index contributed by atoms with van der Waals surface area (Å²) in [4.78, 5) is 0.117. The fourth-order valence-corrected chi connectivity index (χ4v) is 4.06. The molecular formula is C18H13ClN2O2S. The standard InChI is InChI=1S/C18H13ClN2O2S/c19-15-10-4-6-12-17(15)24(22,23)18-13-7-5-11-16(18)21-20-14-8-2-1-3-9-14/h1-13H. The molecule has 0 amide bonds. The molecule has 24 heavy (non-hydrogen) atoms. The van der Waals surface area contributed by atoms with E-state index in [9.17, 15) is 8.42 Å². The number of nitrogens with zero attached hydrogens (tertiary/aromatic N) is 2. The lowest BCUT2D eigenvalue weighted by molar-refractivity contribution is 0.596. The van der Waals surface area contributed by atoms with Crippen molar-refractivity contribution in [3.05, 3.63) is 83.9 Å². The van der Waals surface area contributed by atoms with Crippen LogP contribution in [0.3, 0.4) is 0 Å². The van der Waals surface area contributed by atoms with Crippen LogP contribution < -0.4 is 0 Å². The molecule has 0 saturated heterocycles. The number of rotatable bonds is 4. The lowest BCUT2D eigenvalue weighted by Crippen LogP contribution is -2.02. The van der Waals surface area contributed by atoms with Gasteiger partial charge in [-0.1, -0.05) is 54.1 Å². The van der Waals surface area contributed by atoms with Gasteiger partial charge >= 0.3 is 0 Å². The van der Waals surface area contributed by atoms with Crippen molar-refractivity contribution in [2.45, 2.75) is 9.79 Å². The van der Waals surface area contributed by atoms with Gasteiger partial charge in [-0.3, -0.25) is 0 Å². The molecule has 0 aliphatic heterocycles. The van der Waals surface area contributed by atoms with Gasteiger partial charge in [0.25, 0.3) is 0 Å². The first kappa shape index (κ1) is 16.4. The van der Waals surface area contributed by atoms with E-state index in [1.165, 1.54) is 12.1 Å². The van der Waals surface area contributed by atoms with Crippen LogP contribution in [0.15, 0.2) is 98.9 Å². The van der Waals surface area contributed by atoms with Crippen molar-refractivity contribution in [1.82, 2.24) is 0 Å². The Morgan fingerprint density at radius 1 is 0.667 bits per heavy atom. The summed E-state index contributed by atoms with van der Waals surface area (Å²) in [6, 6.07) is 21.9. The third-order valence-corrected chi connectivity index (χ3v) is 5.61. The van der Waals surface area contributed by atoms with Crippen molar-refractivity contribution in [2.75, 3.05) is 0 Å². The van der Waals surface area contributed by atoms with Crippen molar-refractivity contribution in [3.63, 3.8) is 0 Å². The van der Waals surface area contributed by atoms with E-state index in [1.807, 2.05) is 18.2 Å². The van der Waals surface area contributed by atoms with Crippen molar-refractivity contribution >= 4 is 32.8 Å². The van der Waals surface area contributed by atoms with E-state index in [0.29, 0.717) is 5.69 Å². The molecule has 0 aromatic heterocycles. The molecule has 120 valence electrons. The van der Waals surface area contributed by atoms with Crippen LogP contribution in [0.5, 0.6) is 0 Å². The Hall–Kier alpha value is -2.50. The molecule has 6 heteroatoms. The van der Waals surface area contributed by atoms with Crippen LogP contribution >= 0.6 is 11.6 Å². The average molecular weight is 357 g/mol. The lowest BCUT2D eigenvalue weighted by atomic mass is 10.3. The Bertz CT molecular complexity index is 987. The van der Waals surface area contributed by atoms with Crippen LogP contribution in [0.4, 0.5) is 11.4 Å². The van der Waals surface area contributed by atoms with Crippen LogP contribution in [0.25, 0.3) is 0 Å². The summed E-state index contributed by atoms with van der Waals surface area (Å²) in [5.41, 5.74) is 0.906. The van der Waals surface area contributed by atoms with Crippen LogP contribution in [0.1, 0.15) is 0 Å². The number of benzene rings is 3. The summed E-state index contributed by atoms with van der Waals surface area (Å²) >= 11 is 6.05. The quantitative estimate of drug-likeness (QED) is 0.572. The molecule has 3 aromatic rings. The highest BCUT2D eigenvalue weighted by molar-refractivity contribution is 7.91. The number of hydrogen-bond acceptors (Lipinski definition) is 4. The summed E-state index contributed by atoms with van der Waals surface area (Å²) < 4.78 is 25.8. The summed E-state index contributed by atoms with van der Waals surface area (Å²) in [5.74, 6) is 0. The van der Waals surface area contributed by atoms with E-state index in [0.717, 1.165) is 0 Å². The van der Waals surface area contributed by atoms with Gasteiger partial charge in [-0.05, 0) is 36.4 Å². The summed E-state index contributed by atoms with van der Waals surface area (Å²) in [6.07, 6.45) is 0. The third-order valence-electron chi connectivity index (χ3n) is 3.31. The van der Waals surface area contributed by atoms with Crippen molar-refractivity contribution in [3.8, 4) is 0 Å². The molecule has 3 rings (SSSR count). The maximum atomic E-state index is 12.9. The van der Waals surface area contributed by atoms with Gasteiger partial charge in [0.2, 0.25) is 9.84 Å². The fourth-order valence-electron chi connectivity index (χ4n) is 2.15. The highest BCUT2D eigenvalue weighted by Crippen LogP contribution is 2.33. The Kier molecular flexibility index (Phi) is 4.74. The van der Waals surface area contributed by atoms with Crippen LogP contribution in [0, 0.1) is 0 Å². The largest absolute Gasteiger partial charge is 0.218 e. The second-order valence-corrected chi connectivity index (χ2v) is 7.23. The van der Waals surface area contributed by atoms with Gasteiger partial charge in [0.15, 0.2) is 0 Å². The molecule has 0 fully saturated rings. The molecule has 0 saturated carbocycles. The second kappa shape index (κ2) is 6.95. The van der Waals surface area contributed by atoms with Gasteiger partial charge in [0, 0.05) is 0 Å². The normalized spacial score (nSPS) is 11.7. The molecule has 4 nitrogen and oxygen atoms in total. The Morgan fingerprint density at radius 3 is 1.96 bits per heavy atom. The summed E-state index contributed by atoms with van der Waals surface area (Å²) in [5, 5.41) is 8.37. The van der Waals surface area contributed by atoms with Gasteiger partial charge in [-0.25, -0.2) is 8.42 Å². The predicted molar refractivity (Wildman–Crippen MR) is 94.0 cm³/mol. The van der Waals surface area contributed by atoms with Gasteiger partial charge < -0.3 is 0 Å². The van der Waals surface area contributed by atoms with E-state index in [4.69, 9.17) is 11.6 Å². The lowest BCUT2D eigenvalue weighted by Gasteiger charge is -2.08. The molecule has 0 aliphatic rings. The van der Waals surface area contributed by atoms with Crippen molar-refractivity contribution in [1.29, 1.82) is 0 Å². The second-order valence-electron chi connectivity index (χ2n) is 4.94. The monoisotopic (exact) mass is 356 g/mol. The average Bonchev–Trinajstić information content (AvgIpc) is 2.61. The number of azo groups is 1. The Morgan fingerprint density at radius 2 is 1.25 bits per heavy atom. The van der Waals surface area contributed by atoms with Gasteiger partial charge in [0.1, 0.15) is 5.69 Å². The first-order valence-electron chi connectivity index (χ1n) is 7.14. The van der Waals surface area contributed by atoms with Crippen molar-refractivity contribution < 1.29 is 8.42 Å². The summed E-state index contributed by atoms with van der Waals surface area (Å²) in [7, 11) is -3.79. The molecule has 0 bridgehead atoms. The zero-order valence-electron chi connectivity index (χ0n) is 12.5. The number of sulfone groups is 1. The molecule has 0 N–H and O–H groups in total. The summed E-state index contributed by atoms with van der Waals surface area (Å²) in [6.45, 7) is 0. The molecule has 0 atom stereocenters. The topological polar surface area (TPSA) is 58.9 Å². The first-order valence-corrected chi connectivity index (χ1v) is 9.00. The van der Waals surface area contributed by atoms with Crippen LogP contribution in [0.2, 0.25) is 5.02 Å². The maximum absolute atomic E-state index is 12.9. The molecule has 0 spiro atoms. The minimum Gasteiger partial charge on any atom is -0.218 e. The molecule has 0 unspecified atom stereocenters. The highest BCUT2D eigenvalue weighted by atomic mass is 35.5. The highest BCUT2D eigenvalue weighted by Gasteiger charge is 2.23. The van der Waals surface area contributed by atoms with E-state index in [2.05, 4.69) is 10.2 Å². The van der Waals surface area contributed by atoms with E-state index < -0.39 is 9.84 Å². The van der Waals surface area contributed by atoms with E-state index >= 15 is 0 Å². The van der Waals surface area contributed by atoms with E-state index in [1.54, 1.807) is 48.5 Å². The van der Waals surface area contributed by atoms with Crippen LogP contribution in [-0.4, -0.2) is 8.42 Å². The van der Waals surface area contributed by atoms with Gasteiger partial charge in [-0.15, -0.1) is 5.11 Å². The smallest absolute Gasteiger partial charge is 0.210 e. The molecule has 0 aliphatic carbocycles. The van der Waals surface area contributed by atoms with Crippen molar-refractivity contribution in [2.24, 2.45) is 10.2 Å². The van der Waals surface area contributed by atoms with Crippen LogP contribution in [-0.2, 0) is 9.84 Å². The number of halogens is 1. The molecule has 0 radical (unpaired) electrons. The first-order chi connectivity index (χ1) is 11.6. The van der Waals surface area contributed by atoms with Gasteiger partial charge in [-0.2, -0.15) is 5.11 Å². The zero-order valence-corrected chi connectivity index (χ0v) is 14.1. The van der Waals surface area contributed by atoms with Gasteiger partial charge in [0.05, 0.1) is 20.5 Å².